The first-order valence-electron chi connectivity index (χ1n) is 10.7. The fraction of sp³-hybridized carbons (Fsp3) is 0.636. The van der Waals surface area contributed by atoms with Crippen LogP contribution < -0.4 is 10.2 Å². The lowest BCUT2D eigenvalue weighted by Gasteiger charge is -2.40. The number of hydrogen-bond donors (Lipinski definition) is 1. The first-order chi connectivity index (χ1) is 13.8. The summed E-state index contributed by atoms with van der Waals surface area (Å²) in [7, 11) is 0. The van der Waals surface area contributed by atoms with E-state index in [0.29, 0.717) is 18.4 Å². The second kappa shape index (κ2) is 8.93. The van der Waals surface area contributed by atoms with Crippen molar-refractivity contribution in [1.82, 2.24) is 9.88 Å². The van der Waals surface area contributed by atoms with Crippen LogP contribution in [0, 0.1) is 11.3 Å². The Morgan fingerprint density at radius 3 is 2.68 bits per heavy atom. The summed E-state index contributed by atoms with van der Waals surface area (Å²) >= 11 is 0. The molecular weight excluding hydrogens is 350 g/mol. The van der Waals surface area contributed by atoms with E-state index in [1.54, 1.807) is 0 Å². The predicted molar refractivity (Wildman–Crippen MR) is 112 cm³/mol. The maximum absolute atomic E-state index is 9.96. The van der Waals surface area contributed by atoms with Crippen LogP contribution >= 0.6 is 0 Å². The van der Waals surface area contributed by atoms with Crippen LogP contribution in [0.2, 0.25) is 0 Å². The van der Waals surface area contributed by atoms with Gasteiger partial charge in [-0.3, -0.25) is 4.90 Å². The maximum Gasteiger partial charge on any atom is 0.146 e. The Hall–Kier alpha value is -2.10. The molecule has 6 heteroatoms. The molecule has 4 rings (SSSR count). The highest BCUT2D eigenvalue weighted by molar-refractivity contribution is 5.67. The third-order valence-electron chi connectivity index (χ3n) is 6.33. The summed E-state index contributed by atoms with van der Waals surface area (Å²) in [6, 6.07) is 3.12. The largest absolute Gasteiger partial charge is 0.378 e. The molecule has 1 aromatic heterocycles. The van der Waals surface area contributed by atoms with Crippen LogP contribution in [0.3, 0.4) is 0 Å². The molecule has 0 amide bonds. The fourth-order valence-corrected chi connectivity index (χ4v) is 4.84. The van der Waals surface area contributed by atoms with E-state index >= 15 is 0 Å². The van der Waals surface area contributed by atoms with E-state index in [0.717, 1.165) is 57.2 Å². The van der Waals surface area contributed by atoms with Crippen molar-refractivity contribution in [3.63, 3.8) is 0 Å². The zero-order chi connectivity index (χ0) is 19.3. The van der Waals surface area contributed by atoms with Crippen molar-refractivity contribution in [1.29, 1.82) is 5.26 Å². The molecule has 150 valence electrons. The molecule has 0 radical (unpaired) electrons. The number of nitrogens with one attached hydrogen (secondary N) is 1. The van der Waals surface area contributed by atoms with E-state index in [9.17, 15) is 5.26 Å². The molecule has 0 atom stereocenters. The Morgan fingerprint density at radius 1 is 1.18 bits per heavy atom. The second-order valence-corrected chi connectivity index (χ2v) is 8.01. The number of anilines is 2. The zero-order valence-electron chi connectivity index (χ0n) is 16.8. The predicted octanol–water partition coefficient (Wildman–Crippen LogP) is 3.08. The molecule has 2 fully saturated rings. The normalized spacial score (nSPS) is 21.0. The monoisotopic (exact) mass is 381 g/mol. The molecule has 1 saturated carbocycles. The van der Waals surface area contributed by atoms with Crippen LogP contribution in [0.1, 0.15) is 48.8 Å². The molecule has 6 nitrogen and oxygen atoms in total. The third kappa shape index (κ3) is 3.87. The Bertz CT molecular complexity index is 744. The van der Waals surface area contributed by atoms with E-state index in [1.165, 1.54) is 43.2 Å². The number of pyridine rings is 1. The van der Waals surface area contributed by atoms with E-state index in [4.69, 9.17) is 9.72 Å². The van der Waals surface area contributed by atoms with Gasteiger partial charge in [0.25, 0.3) is 0 Å². The van der Waals surface area contributed by atoms with Gasteiger partial charge in [-0.05, 0) is 24.8 Å². The Labute approximate surface area is 168 Å². The standard InChI is InChI=1S/C22H31N5O/c1-2-9-24-21-19(15-23)20-16-27(17-6-4-3-5-7-17)10-8-18(20)22(25-21)26-11-13-28-14-12-26/h2,17H,1,3-14,16H2,(H,24,25). The van der Waals surface area contributed by atoms with Crippen LogP contribution in [0.25, 0.3) is 0 Å². The van der Waals surface area contributed by atoms with Crippen LogP contribution in [0.15, 0.2) is 12.7 Å². The minimum Gasteiger partial charge on any atom is -0.378 e. The van der Waals surface area contributed by atoms with E-state index in [1.807, 2.05) is 6.08 Å². The van der Waals surface area contributed by atoms with Gasteiger partial charge in [0.1, 0.15) is 17.7 Å². The second-order valence-electron chi connectivity index (χ2n) is 8.01. The highest BCUT2D eigenvalue weighted by Crippen LogP contribution is 2.36. The quantitative estimate of drug-likeness (QED) is 0.791. The first kappa shape index (κ1) is 19.2. The van der Waals surface area contributed by atoms with Gasteiger partial charge in [0.15, 0.2) is 0 Å². The van der Waals surface area contributed by atoms with E-state index in [-0.39, 0.29) is 0 Å². The highest BCUT2D eigenvalue weighted by atomic mass is 16.5. The number of morpholine rings is 1. The Kier molecular flexibility index (Phi) is 6.13. The molecule has 1 aromatic rings. The van der Waals surface area contributed by atoms with Crippen molar-refractivity contribution < 1.29 is 4.74 Å². The lowest BCUT2D eigenvalue weighted by molar-refractivity contribution is 0.121. The first-order valence-corrected chi connectivity index (χ1v) is 10.7. The Morgan fingerprint density at radius 2 is 1.96 bits per heavy atom. The Balaban J connectivity index is 1.71. The van der Waals surface area contributed by atoms with Crippen molar-refractivity contribution in [2.24, 2.45) is 0 Å². The van der Waals surface area contributed by atoms with Crippen molar-refractivity contribution in [2.45, 2.75) is 51.1 Å². The molecule has 1 N–H and O–H groups in total. The minimum atomic E-state index is 0.607. The lowest BCUT2D eigenvalue weighted by atomic mass is 9.90. The molecule has 0 spiro atoms. The fourth-order valence-electron chi connectivity index (χ4n) is 4.84. The molecule has 2 aliphatic heterocycles. The average Bonchev–Trinajstić information content (AvgIpc) is 2.77. The minimum absolute atomic E-state index is 0.607. The van der Waals surface area contributed by atoms with Crippen LogP contribution in [-0.2, 0) is 17.7 Å². The van der Waals surface area contributed by atoms with Crippen LogP contribution in [0.4, 0.5) is 11.6 Å². The topological polar surface area (TPSA) is 64.4 Å². The van der Waals surface area contributed by atoms with Crippen molar-refractivity contribution in [2.75, 3.05) is 49.6 Å². The van der Waals surface area contributed by atoms with Crippen molar-refractivity contribution in [3.8, 4) is 6.07 Å². The molecule has 0 aromatic carbocycles. The van der Waals surface area contributed by atoms with Gasteiger partial charge in [0.2, 0.25) is 0 Å². The smallest absolute Gasteiger partial charge is 0.146 e. The molecule has 1 saturated heterocycles. The zero-order valence-corrected chi connectivity index (χ0v) is 16.8. The van der Waals surface area contributed by atoms with E-state index in [2.05, 4.69) is 27.8 Å². The number of hydrogen-bond acceptors (Lipinski definition) is 6. The van der Waals surface area contributed by atoms with Crippen molar-refractivity contribution >= 4 is 11.6 Å². The summed E-state index contributed by atoms with van der Waals surface area (Å²) in [6.45, 7) is 9.53. The number of nitriles is 1. The molecular formula is C22H31N5O. The van der Waals surface area contributed by atoms with Gasteiger partial charge in [-0.15, -0.1) is 6.58 Å². The summed E-state index contributed by atoms with van der Waals surface area (Å²) < 4.78 is 5.54. The molecule has 28 heavy (non-hydrogen) atoms. The van der Waals surface area contributed by atoms with Crippen molar-refractivity contribution in [3.05, 3.63) is 29.3 Å². The molecule has 3 heterocycles. The molecule has 0 unspecified atom stereocenters. The number of rotatable bonds is 5. The number of fused-ring (bicyclic) bond motifs is 1. The summed E-state index contributed by atoms with van der Waals surface area (Å²) in [5.41, 5.74) is 3.17. The number of ether oxygens (including phenoxy) is 1. The van der Waals surface area contributed by atoms with Gasteiger partial charge in [0.05, 0.1) is 18.8 Å². The summed E-state index contributed by atoms with van der Waals surface area (Å²) in [5.74, 6) is 1.75. The third-order valence-corrected chi connectivity index (χ3v) is 6.33. The van der Waals surface area contributed by atoms with Gasteiger partial charge in [-0.2, -0.15) is 5.26 Å². The maximum atomic E-state index is 9.96. The van der Waals surface area contributed by atoms with Gasteiger partial charge in [-0.1, -0.05) is 25.3 Å². The summed E-state index contributed by atoms with van der Waals surface area (Å²) in [6.07, 6.45) is 9.40. The number of aromatic nitrogens is 1. The summed E-state index contributed by atoms with van der Waals surface area (Å²) in [5, 5.41) is 13.3. The summed E-state index contributed by atoms with van der Waals surface area (Å²) in [4.78, 5) is 9.87. The van der Waals surface area contributed by atoms with Gasteiger partial charge in [0, 0.05) is 44.3 Å². The van der Waals surface area contributed by atoms with E-state index < -0.39 is 0 Å². The molecule has 3 aliphatic rings. The van der Waals surface area contributed by atoms with Crippen LogP contribution in [-0.4, -0.2) is 55.3 Å². The average molecular weight is 382 g/mol. The SMILES string of the molecule is C=CCNc1nc(N2CCOCC2)c2c(c1C#N)CN(C1CCCCC1)CC2. The highest BCUT2D eigenvalue weighted by Gasteiger charge is 2.31. The van der Waals surface area contributed by atoms with Gasteiger partial charge >= 0.3 is 0 Å². The van der Waals surface area contributed by atoms with Gasteiger partial charge < -0.3 is 15.0 Å². The van der Waals surface area contributed by atoms with Crippen LogP contribution in [0.5, 0.6) is 0 Å². The lowest BCUT2D eigenvalue weighted by Crippen LogP contribution is -2.42. The number of nitrogens with zero attached hydrogens (tertiary/aromatic N) is 4. The van der Waals surface area contributed by atoms with Gasteiger partial charge in [-0.25, -0.2) is 4.98 Å². The molecule has 1 aliphatic carbocycles. The molecule has 0 bridgehead atoms.